The number of imidazole rings is 1. The molecule has 0 saturated carbocycles. The van der Waals surface area contributed by atoms with Crippen LogP contribution < -0.4 is 5.32 Å². The number of hydrogen-bond acceptors (Lipinski definition) is 5. The molecule has 1 aromatic heterocycles. The van der Waals surface area contributed by atoms with Crippen LogP contribution in [0.2, 0.25) is 0 Å². The molecule has 0 aliphatic rings. The number of nitro groups is 1. The Morgan fingerprint density at radius 3 is 3.00 bits per heavy atom. The highest BCUT2D eigenvalue weighted by Crippen LogP contribution is 2.20. The summed E-state index contributed by atoms with van der Waals surface area (Å²) in [6.07, 6.45) is 3.25. The third-order valence-corrected chi connectivity index (χ3v) is 2.16. The van der Waals surface area contributed by atoms with E-state index in [1.54, 1.807) is 18.7 Å². The monoisotopic (exact) mass is 228 g/mol. The first-order chi connectivity index (χ1) is 7.66. The Hall–Kier alpha value is -1.63. The Labute approximate surface area is 93.6 Å². The van der Waals surface area contributed by atoms with Crippen molar-refractivity contribution in [3.63, 3.8) is 0 Å². The van der Waals surface area contributed by atoms with Gasteiger partial charge in [-0.05, 0) is 22.7 Å². The molecule has 7 heteroatoms. The number of nitrogens with one attached hydrogen (secondary N) is 1. The minimum atomic E-state index is -0.489. The third-order valence-electron chi connectivity index (χ3n) is 2.16. The van der Waals surface area contributed by atoms with Gasteiger partial charge in [-0.3, -0.25) is 4.57 Å². The quantitative estimate of drug-likeness (QED) is 0.430. The zero-order valence-electron chi connectivity index (χ0n) is 9.47. The number of hydrogen-bond donors (Lipinski definition) is 1. The fourth-order valence-electron chi connectivity index (χ4n) is 1.33. The summed E-state index contributed by atoms with van der Waals surface area (Å²) in [4.78, 5) is 13.9. The van der Waals surface area contributed by atoms with E-state index in [-0.39, 0.29) is 5.82 Å². The third kappa shape index (κ3) is 3.20. The SMILES string of the molecule is COCCCCNc1c([N+](=O)[O-])ncn1C. The summed E-state index contributed by atoms with van der Waals surface area (Å²) < 4.78 is 6.52. The van der Waals surface area contributed by atoms with Gasteiger partial charge in [0.2, 0.25) is 12.1 Å². The lowest BCUT2D eigenvalue weighted by molar-refractivity contribution is -0.388. The van der Waals surface area contributed by atoms with Gasteiger partial charge in [0.05, 0.1) is 0 Å². The van der Waals surface area contributed by atoms with Gasteiger partial charge in [0.15, 0.2) is 0 Å². The summed E-state index contributed by atoms with van der Waals surface area (Å²) in [5.74, 6) is 0.316. The first-order valence-electron chi connectivity index (χ1n) is 5.05. The summed E-state index contributed by atoms with van der Waals surface area (Å²) >= 11 is 0. The molecule has 16 heavy (non-hydrogen) atoms. The van der Waals surface area contributed by atoms with Crippen LogP contribution in [0.3, 0.4) is 0 Å². The lowest BCUT2D eigenvalue weighted by Crippen LogP contribution is -2.08. The van der Waals surface area contributed by atoms with E-state index in [4.69, 9.17) is 4.74 Å². The predicted molar refractivity (Wildman–Crippen MR) is 59.5 cm³/mol. The van der Waals surface area contributed by atoms with Gasteiger partial charge in [0.1, 0.15) is 0 Å². The molecule has 1 aromatic rings. The number of anilines is 1. The fraction of sp³-hybridized carbons (Fsp3) is 0.667. The second-order valence-electron chi connectivity index (χ2n) is 3.41. The minimum absolute atomic E-state index is 0.130. The molecule has 1 N–H and O–H groups in total. The number of unbranched alkanes of at least 4 members (excludes halogenated alkanes) is 1. The molecule has 0 saturated heterocycles. The standard InChI is InChI=1S/C9H16N4O3/c1-12-7-11-9(13(14)15)8(12)10-5-3-4-6-16-2/h7,10H,3-6H2,1-2H3. The number of rotatable bonds is 7. The smallest absolute Gasteiger partial charge is 0.385 e. The summed E-state index contributed by atoms with van der Waals surface area (Å²) in [5, 5.41) is 13.6. The van der Waals surface area contributed by atoms with Crippen LogP contribution in [-0.2, 0) is 11.8 Å². The normalized spacial score (nSPS) is 10.4. The second-order valence-corrected chi connectivity index (χ2v) is 3.41. The van der Waals surface area contributed by atoms with Gasteiger partial charge >= 0.3 is 5.82 Å². The molecule has 90 valence electrons. The molecule has 1 rings (SSSR count). The lowest BCUT2D eigenvalue weighted by atomic mass is 10.3. The van der Waals surface area contributed by atoms with Crippen LogP contribution in [0.25, 0.3) is 0 Å². The van der Waals surface area contributed by atoms with E-state index in [0.29, 0.717) is 19.0 Å². The molecule has 0 aliphatic carbocycles. The predicted octanol–water partition coefficient (Wildman–Crippen LogP) is 1.17. The van der Waals surface area contributed by atoms with E-state index in [1.807, 2.05) is 0 Å². The fourth-order valence-corrected chi connectivity index (χ4v) is 1.33. The maximum atomic E-state index is 10.6. The van der Waals surface area contributed by atoms with Crippen molar-refractivity contribution in [2.45, 2.75) is 12.8 Å². The van der Waals surface area contributed by atoms with E-state index < -0.39 is 4.92 Å². The molecule has 0 unspecified atom stereocenters. The molecule has 0 aliphatic heterocycles. The van der Waals surface area contributed by atoms with Crippen molar-refractivity contribution in [2.24, 2.45) is 7.05 Å². The average Bonchev–Trinajstić information content (AvgIpc) is 2.60. The lowest BCUT2D eigenvalue weighted by Gasteiger charge is -2.05. The van der Waals surface area contributed by atoms with E-state index in [2.05, 4.69) is 10.3 Å². The molecule has 0 atom stereocenters. The number of nitrogens with zero attached hydrogens (tertiary/aromatic N) is 3. The van der Waals surface area contributed by atoms with Crippen LogP contribution in [0.1, 0.15) is 12.8 Å². The van der Waals surface area contributed by atoms with Crippen molar-refractivity contribution >= 4 is 11.6 Å². The molecule has 0 radical (unpaired) electrons. The van der Waals surface area contributed by atoms with Crippen molar-refractivity contribution in [1.29, 1.82) is 0 Å². The van der Waals surface area contributed by atoms with Crippen LogP contribution in [-0.4, -0.2) is 34.7 Å². The van der Waals surface area contributed by atoms with E-state index in [1.165, 1.54) is 6.33 Å². The van der Waals surface area contributed by atoms with E-state index in [9.17, 15) is 10.1 Å². The maximum Gasteiger partial charge on any atom is 0.406 e. The van der Waals surface area contributed by atoms with Crippen molar-refractivity contribution in [1.82, 2.24) is 9.55 Å². The molecular formula is C9H16N4O3. The van der Waals surface area contributed by atoms with Gasteiger partial charge in [0.25, 0.3) is 0 Å². The highest BCUT2D eigenvalue weighted by atomic mass is 16.6. The Morgan fingerprint density at radius 2 is 2.38 bits per heavy atom. The topological polar surface area (TPSA) is 82.2 Å². The van der Waals surface area contributed by atoms with Crippen LogP contribution >= 0.6 is 0 Å². The minimum Gasteiger partial charge on any atom is -0.385 e. The van der Waals surface area contributed by atoms with Gasteiger partial charge in [-0.25, -0.2) is 0 Å². The van der Waals surface area contributed by atoms with E-state index in [0.717, 1.165) is 12.8 Å². The van der Waals surface area contributed by atoms with Gasteiger partial charge in [0, 0.05) is 27.3 Å². The van der Waals surface area contributed by atoms with Crippen molar-refractivity contribution in [2.75, 3.05) is 25.6 Å². The second kappa shape index (κ2) is 6.06. The Bertz CT molecular complexity index is 351. The first-order valence-corrected chi connectivity index (χ1v) is 5.05. The number of methoxy groups -OCH3 is 1. The van der Waals surface area contributed by atoms with Crippen LogP contribution in [0, 0.1) is 10.1 Å². The highest BCUT2D eigenvalue weighted by molar-refractivity contribution is 5.51. The molecule has 1 heterocycles. The zero-order chi connectivity index (χ0) is 12.0. The van der Waals surface area contributed by atoms with Crippen LogP contribution in [0.4, 0.5) is 11.6 Å². The number of ether oxygens (including phenoxy) is 1. The van der Waals surface area contributed by atoms with Crippen molar-refractivity contribution in [3.8, 4) is 0 Å². The average molecular weight is 228 g/mol. The summed E-state index contributed by atoms with van der Waals surface area (Å²) in [6, 6.07) is 0. The molecular weight excluding hydrogens is 212 g/mol. The van der Waals surface area contributed by atoms with Gasteiger partial charge in [-0.1, -0.05) is 0 Å². The van der Waals surface area contributed by atoms with Crippen LogP contribution in [0.15, 0.2) is 6.33 Å². The summed E-state index contributed by atoms with van der Waals surface area (Å²) in [5.41, 5.74) is 0. The maximum absolute atomic E-state index is 10.6. The Kier molecular flexibility index (Phi) is 4.71. The molecule has 0 spiro atoms. The molecule has 0 bridgehead atoms. The van der Waals surface area contributed by atoms with Gasteiger partial charge < -0.3 is 20.2 Å². The zero-order valence-corrected chi connectivity index (χ0v) is 9.47. The summed E-state index contributed by atoms with van der Waals surface area (Å²) in [7, 11) is 3.37. The van der Waals surface area contributed by atoms with Crippen molar-refractivity contribution < 1.29 is 9.66 Å². The largest absolute Gasteiger partial charge is 0.406 e. The van der Waals surface area contributed by atoms with Crippen LogP contribution in [0.5, 0.6) is 0 Å². The molecule has 0 fully saturated rings. The molecule has 0 amide bonds. The Balaban J connectivity index is 2.46. The van der Waals surface area contributed by atoms with E-state index >= 15 is 0 Å². The highest BCUT2D eigenvalue weighted by Gasteiger charge is 2.18. The first kappa shape index (κ1) is 12.4. The van der Waals surface area contributed by atoms with Gasteiger partial charge in [-0.2, -0.15) is 0 Å². The number of aromatic nitrogens is 2. The van der Waals surface area contributed by atoms with Gasteiger partial charge in [-0.15, -0.1) is 0 Å². The number of aryl methyl sites for hydroxylation is 1. The molecule has 7 nitrogen and oxygen atoms in total. The Morgan fingerprint density at radius 1 is 1.62 bits per heavy atom. The molecule has 0 aromatic carbocycles. The summed E-state index contributed by atoms with van der Waals surface area (Å²) in [6.45, 7) is 1.37. The van der Waals surface area contributed by atoms with Crippen molar-refractivity contribution in [3.05, 3.63) is 16.4 Å².